The Bertz CT molecular complexity index is 1010. The van der Waals surface area contributed by atoms with Crippen LogP contribution in [0, 0.1) is 6.92 Å². The number of carbonyl (C=O) groups is 1. The molecule has 7 nitrogen and oxygen atoms in total. The SMILES string of the molecule is COc1ccc(/C=C/C(=O)NC(C)c2cnn(-c3ccccn3)c2C)cc1OC. The highest BCUT2D eigenvalue weighted by Gasteiger charge is 2.16. The minimum absolute atomic E-state index is 0.197. The van der Waals surface area contributed by atoms with Crippen molar-refractivity contribution in [3.8, 4) is 17.3 Å². The van der Waals surface area contributed by atoms with Crippen molar-refractivity contribution in [1.29, 1.82) is 0 Å². The third-order valence-corrected chi connectivity index (χ3v) is 4.57. The third kappa shape index (κ3) is 4.63. The number of carbonyl (C=O) groups excluding carboxylic acids is 1. The van der Waals surface area contributed by atoms with E-state index in [1.165, 1.54) is 6.08 Å². The summed E-state index contributed by atoms with van der Waals surface area (Å²) in [6, 6.07) is 10.9. The Hall–Kier alpha value is -3.61. The molecule has 0 fully saturated rings. The fraction of sp³-hybridized carbons (Fsp3) is 0.227. The Morgan fingerprint density at radius 1 is 1.17 bits per heavy atom. The number of rotatable bonds is 7. The maximum atomic E-state index is 12.4. The van der Waals surface area contributed by atoms with Crippen molar-refractivity contribution >= 4 is 12.0 Å². The Balaban J connectivity index is 1.68. The summed E-state index contributed by atoms with van der Waals surface area (Å²) in [4.78, 5) is 16.7. The van der Waals surface area contributed by atoms with E-state index >= 15 is 0 Å². The monoisotopic (exact) mass is 392 g/mol. The number of amides is 1. The van der Waals surface area contributed by atoms with Crippen LogP contribution in [0.4, 0.5) is 0 Å². The van der Waals surface area contributed by atoms with Gasteiger partial charge in [0, 0.05) is 23.5 Å². The van der Waals surface area contributed by atoms with Crippen LogP contribution in [0.15, 0.2) is 54.9 Å². The molecule has 2 heterocycles. The van der Waals surface area contributed by atoms with Crippen LogP contribution in [-0.2, 0) is 4.79 Å². The number of nitrogens with zero attached hydrogens (tertiary/aromatic N) is 3. The van der Waals surface area contributed by atoms with Crippen molar-refractivity contribution in [2.45, 2.75) is 19.9 Å². The predicted octanol–water partition coefficient (Wildman–Crippen LogP) is 3.48. The summed E-state index contributed by atoms with van der Waals surface area (Å²) in [5.74, 6) is 1.80. The van der Waals surface area contributed by atoms with E-state index in [1.807, 2.05) is 44.2 Å². The normalized spacial score (nSPS) is 12.0. The van der Waals surface area contributed by atoms with Crippen LogP contribution in [0.2, 0.25) is 0 Å². The van der Waals surface area contributed by atoms with Crippen LogP contribution >= 0.6 is 0 Å². The molecule has 1 atom stereocenters. The lowest BCUT2D eigenvalue weighted by molar-refractivity contribution is -0.117. The molecule has 1 N–H and O–H groups in total. The summed E-state index contributed by atoms with van der Waals surface area (Å²) in [5, 5.41) is 7.37. The first kappa shape index (κ1) is 20.1. The molecule has 0 aliphatic rings. The molecule has 1 unspecified atom stereocenters. The second kappa shape index (κ2) is 9.05. The van der Waals surface area contributed by atoms with E-state index in [0.29, 0.717) is 11.5 Å². The maximum absolute atomic E-state index is 12.4. The Morgan fingerprint density at radius 3 is 2.66 bits per heavy atom. The van der Waals surface area contributed by atoms with Crippen molar-refractivity contribution in [2.24, 2.45) is 0 Å². The zero-order valence-electron chi connectivity index (χ0n) is 16.9. The zero-order chi connectivity index (χ0) is 20.8. The molecule has 150 valence electrons. The average molecular weight is 392 g/mol. The fourth-order valence-electron chi connectivity index (χ4n) is 3.03. The molecule has 0 spiro atoms. The molecule has 7 heteroatoms. The van der Waals surface area contributed by atoms with Crippen molar-refractivity contribution in [3.63, 3.8) is 0 Å². The van der Waals surface area contributed by atoms with Gasteiger partial charge in [-0.15, -0.1) is 0 Å². The lowest BCUT2D eigenvalue weighted by Gasteiger charge is -2.12. The molecule has 0 bridgehead atoms. The van der Waals surface area contributed by atoms with Gasteiger partial charge in [0.15, 0.2) is 17.3 Å². The van der Waals surface area contributed by atoms with E-state index < -0.39 is 0 Å². The van der Waals surface area contributed by atoms with E-state index in [0.717, 1.165) is 22.6 Å². The van der Waals surface area contributed by atoms with Crippen LogP contribution in [0.5, 0.6) is 11.5 Å². The van der Waals surface area contributed by atoms with Crippen LogP contribution < -0.4 is 14.8 Å². The van der Waals surface area contributed by atoms with Gasteiger partial charge in [-0.05, 0) is 49.8 Å². The van der Waals surface area contributed by atoms with E-state index in [2.05, 4.69) is 15.4 Å². The average Bonchev–Trinajstić information content (AvgIpc) is 3.14. The largest absolute Gasteiger partial charge is 0.493 e. The minimum atomic E-state index is -0.199. The number of methoxy groups -OCH3 is 2. The van der Waals surface area contributed by atoms with Gasteiger partial charge in [-0.25, -0.2) is 9.67 Å². The first-order valence-corrected chi connectivity index (χ1v) is 9.20. The number of hydrogen-bond acceptors (Lipinski definition) is 5. The quantitative estimate of drug-likeness (QED) is 0.623. The highest BCUT2D eigenvalue weighted by molar-refractivity contribution is 5.92. The molecule has 0 saturated heterocycles. The number of aromatic nitrogens is 3. The lowest BCUT2D eigenvalue weighted by atomic mass is 10.1. The number of benzene rings is 1. The summed E-state index contributed by atoms with van der Waals surface area (Å²) in [7, 11) is 3.16. The Kier molecular flexibility index (Phi) is 6.29. The molecule has 1 aromatic carbocycles. The van der Waals surface area contributed by atoms with E-state index in [1.54, 1.807) is 43.4 Å². The number of nitrogens with one attached hydrogen (secondary N) is 1. The Labute approximate surface area is 170 Å². The lowest BCUT2D eigenvalue weighted by Crippen LogP contribution is -2.25. The van der Waals surface area contributed by atoms with Gasteiger partial charge in [-0.1, -0.05) is 12.1 Å². The first-order chi connectivity index (χ1) is 14.0. The summed E-state index contributed by atoms with van der Waals surface area (Å²) in [6.45, 7) is 3.88. The van der Waals surface area contributed by atoms with Crippen LogP contribution in [0.3, 0.4) is 0 Å². The summed E-state index contributed by atoms with van der Waals surface area (Å²) in [5.41, 5.74) is 2.70. The van der Waals surface area contributed by atoms with Gasteiger partial charge in [0.25, 0.3) is 0 Å². The topological polar surface area (TPSA) is 78.3 Å². The molecule has 3 rings (SSSR count). The molecule has 1 amide bonds. The van der Waals surface area contributed by atoms with Gasteiger partial charge in [0.1, 0.15) is 0 Å². The second-order valence-electron chi connectivity index (χ2n) is 6.46. The molecule has 0 aliphatic carbocycles. The number of ether oxygens (including phenoxy) is 2. The third-order valence-electron chi connectivity index (χ3n) is 4.57. The smallest absolute Gasteiger partial charge is 0.244 e. The highest BCUT2D eigenvalue weighted by atomic mass is 16.5. The molecule has 0 saturated carbocycles. The second-order valence-corrected chi connectivity index (χ2v) is 6.46. The van der Waals surface area contributed by atoms with Gasteiger partial charge in [-0.3, -0.25) is 4.79 Å². The van der Waals surface area contributed by atoms with Crippen LogP contribution in [-0.4, -0.2) is 34.9 Å². The maximum Gasteiger partial charge on any atom is 0.244 e. The number of hydrogen-bond donors (Lipinski definition) is 1. The highest BCUT2D eigenvalue weighted by Crippen LogP contribution is 2.28. The predicted molar refractivity (Wildman–Crippen MR) is 111 cm³/mol. The molecule has 2 aromatic heterocycles. The summed E-state index contributed by atoms with van der Waals surface area (Å²) < 4.78 is 12.3. The minimum Gasteiger partial charge on any atom is -0.493 e. The van der Waals surface area contributed by atoms with Crippen molar-refractivity contribution in [3.05, 3.63) is 71.7 Å². The molecule has 3 aromatic rings. The van der Waals surface area contributed by atoms with Gasteiger partial charge < -0.3 is 14.8 Å². The van der Waals surface area contributed by atoms with Gasteiger partial charge in [0.2, 0.25) is 5.91 Å². The summed E-state index contributed by atoms with van der Waals surface area (Å²) in [6.07, 6.45) is 6.71. The number of pyridine rings is 1. The van der Waals surface area contributed by atoms with Crippen LogP contribution in [0.1, 0.15) is 29.8 Å². The molecular formula is C22H24N4O3. The van der Waals surface area contributed by atoms with E-state index in [9.17, 15) is 4.79 Å². The molecule has 0 aliphatic heterocycles. The van der Waals surface area contributed by atoms with Gasteiger partial charge >= 0.3 is 0 Å². The van der Waals surface area contributed by atoms with Gasteiger partial charge in [-0.2, -0.15) is 5.10 Å². The molecule has 29 heavy (non-hydrogen) atoms. The molecule has 0 radical (unpaired) electrons. The summed E-state index contributed by atoms with van der Waals surface area (Å²) >= 11 is 0. The standard InChI is InChI=1S/C22H24N4O3/c1-15(18-14-24-26(16(18)2)21-7-5-6-12-23-21)25-22(27)11-9-17-8-10-19(28-3)20(13-17)29-4/h5-15H,1-4H3,(H,25,27)/b11-9+. The van der Waals surface area contributed by atoms with E-state index in [4.69, 9.17) is 9.47 Å². The van der Waals surface area contributed by atoms with Crippen molar-refractivity contribution in [1.82, 2.24) is 20.1 Å². The zero-order valence-corrected chi connectivity index (χ0v) is 16.9. The Morgan fingerprint density at radius 2 is 1.97 bits per heavy atom. The first-order valence-electron chi connectivity index (χ1n) is 9.20. The van der Waals surface area contributed by atoms with Crippen LogP contribution in [0.25, 0.3) is 11.9 Å². The van der Waals surface area contributed by atoms with Gasteiger partial charge in [0.05, 0.1) is 26.5 Å². The molecular weight excluding hydrogens is 368 g/mol. The van der Waals surface area contributed by atoms with Crippen molar-refractivity contribution in [2.75, 3.05) is 14.2 Å². The van der Waals surface area contributed by atoms with Crippen molar-refractivity contribution < 1.29 is 14.3 Å². The van der Waals surface area contributed by atoms with E-state index in [-0.39, 0.29) is 11.9 Å². The fourth-order valence-corrected chi connectivity index (χ4v) is 3.03.